The van der Waals surface area contributed by atoms with Gasteiger partial charge in [-0.05, 0) is 48.4 Å². The van der Waals surface area contributed by atoms with Crippen LogP contribution in [0, 0.1) is 6.07 Å². The van der Waals surface area contributed by atoms with E-state index in [4.69, 9.17) is 0 Å². The third-order valence-electron chi connectivity index (χ3n) is 4.59. The molecule has 22 heavy (non-hydrogen) atoms. The summed E-state index contributed by atoms with van der Waals surface area (Å²) >= 11 is 0. The van der Waals surface area contributed by atoms with Gasteiger partial charge < -0.3 is 0 Å². The van der Waals surface area contributed by atoms with Crippen LogP contribution in [0.15, 0.2) is 12.1 Å². The Morgan fingerprint density at radius 1 is 0.682 bits per heavy atom. The molecule has 1 radical (unpaired) electrons. The fourth-order valence-electron chi connectivity index (χ4n) is 3.35. The molecule has 125 valence electrons. The Hall–Kier alpha value is -0.780. The SMILES string of the molecule is CCCCCCCCCCc1[c]ccc(CCC)c1CCC. The molecule has 0 N–H and O–H groups in total. The molecule has 0 heteroatoms. The topological polar surface area (TPSA) is 0 Å². The summed E-state index contributed by atoms with van der Waals surface area (Å²) in [6.45, 7) is 6.87. The first-order valence-electron chi connectivity index (χ1n) is 9.84. The zero-order chi connectivity index (χ0) is 16.0. The minimum absolute atomic E-state index is 1.23. The van der Waals surface area contributed by atoms with Crippen LogP contribution < -0.4 is 0 Å². The van der Waals surface area contributed by atoms with Crippen molar-refractivity contribution >= 4 is 0 Å². The molecule has 0 aromatic heterocycles. The Bertz CT molecular complexity index is 378. The van der Waals surface area contributed by atoms with E-state index in [1.807, 2.05) is 0 Å². The van der Waals surface area contributed by atoms with Crippen molar-refractivity contribution in [3.05, 3.63) is 34.9 Å². The molecule has 0 fully saturated rings. The van der Waals surface area contributed by atoms with Gasteiger partial charge >= 0.3 is 0 Å². The number of hydrogen-bond acceptors (Lipinski definition) is 0. The van der Waals surface area contributed by atoms with Gasteiger partial charge in [0.1, 0.15) is 0 Å². The molecule has 0 amide bonds. The van der Waals surface area contributed by atoms with E-state index < -0.39 is 0 Å². The predicted octanol–water partition coefficient (Wildman–Crippen LogP) is 7.07. The van der Waals surface area contributed by atoms with Crippen LogP contribution in [-0.2, 0) is 19.3 Å². The first-order valence-corrected chi connectivity index (χ1v) is 9.84. The summed E-state index contributed by atoms with van der Waals surface area (Å²) in [7, 11) is 0. The molecule has 0 aliphatic rings. The Morgan fingerprint density at radius 3 is 1.95 bits per heavy atom. The number of aryl methyl sites for hydroxylation is 2. The fraction of sp³-hybridized carbons (Fsp3) is 0.727. The normalized spacial score (nSPS) is 11.0. The van der Waals surface area contributed by atoms with Crippen molar-refractivity contribution in [2.75, 3.05) is 0 Å². The van der Waals surface area contributed by atoms with Crippen molar-refractivity contribution in [3.8, 4) is 0 Å². The minimum atomic E-state index is 1.23. The van der Waals surface area contributed by atoms with Crippen molar-refractivity contribution in [2.24, 2.45) is 0 Å². The average molecular weight is 302 g/mol. The highest BCUT2D eigenvalue weighted by Gasteiger charge is 2.07. The maximum absolute atomic E-state index is 3.54. The summed E-state index contributed by atoms with van der Waals surface area (Å²) in [5.74, 6) is 0. The molecule has 0 unspecified atom stereocenters. The van der Waals surface area contributed by atoms with Gasteiger partial charge in [-0.15, -0.1) is 0 Å². The summed E-state index contributed by atoms with van der Waals surface area (Å²) in [5, 5.41) is 0. The number of benzene rings is 1. The van der Waals surface area contributed by atoms with Crippen molar-refractivity contribution in [1.82, 2.24) is 0 Å². The highest BCUT2D eigenvalue weighted by atomic mass is 14.1. The van der Waals surface area contributed by atoms with Crippen LogP contribution in [0.1, 0.15) is 102 Å². The lowest BCUT2D eigenvalue weighted by atomic mass is 9.91. The lowest BCUT2D eigenvalue weighted by Crippen LogP contribution is -2.01. The molecule has 1 aromatic carbocycles. The quantitative estimate of drug-likeness (QED) is 0.342. The first-order chi connectivity index (χ1) is 10.8. The van der Waals surface area contributed by atoms with E-state index in [0.717, 1.165) is 0 Å². The van der Waals surface area contributed by atoms with Crippen LogP contribution in [0.3, 0.4) is 0 Å². The van der Waals surface area contributed by atoms with E-state index in [9.17, 15) is 0 Å². The van der Waals surface area contributed by atoms with Gasteiger partial charge in [0.15, 0.2) is 0 Å². The van der Waals surface area contributed by atoms with Crippen LogP contribution >= 0.6 is 0 Å². The van der Waals surface area contributed by atoms with E-state index in [-0.39, 0.29) is 0 Å². The van der Waals surface area contributed by atoms with Crippen LogP contribution in [0.5, 0.6) is 0 Å². The van der Waals surface area contributed by atoms with Crippen molar-refractivity contribution < 1.29 is 0 Å². The van der Waals surface area contributed by atoms with Crippen molar-refractivity contribution in [2.45, 2.75) is 104 Å². The molecular weight excluding hydrogens is 264 g/mol. The zero-order valence-corrected chi connectivity index (χ0v) is 15.3. The third kappa shape index (κ3) is 7.47. The lowest BCUT2D eigenvalue weighted by Gasteiger charge is -2.14. The fourth-order valence-corrected chi connectivity index (χ4v) is 3.35. The van der Waals surface area contributed by atoms with Crippen LogP contribution in [0.2, 0.25) is 0 Å². The van der Waals surface area contributed by atoms with Crippen molar-refractivity contribution in [3.63, 3.8) is 0 Å². The molecule has 0 aliphatic carbocycles. The monoisotopic (exact) mass is 301 g/mol. The second-order valence-corrected chi connectivity index (χ2v) is 6.68. The third-order valence-corrected chi connectivity index (χ3v) is 4.59. The van der Waals surface area contributed by atoms with Gasteiger partial charge in [-0.2, -0.15) is 0 Å². The van der Waals surface area contributed by atoms with Gasteiger partial charge in [-0.1, -0.05) is 90.7 Å². The summed E-state index contributed by atoms with van der Waals surface area (Å²) in [4.78, 5) is 0. The van der Waals surface area contributed by atoms with Crippen molar-refractivity contribution in [1.29, 1.82) is 0 Å². The number of unbranched alkanes of at least 4 members (excludes halogenated alkanes) is 7. The van der Waals surface area contributed by atoms with Gasteiger partial charge in [0.25, 0.3) is 0 Å². The van der Waals surface area contributed by atoms with Gasteiger partial charge in [0.05, 0.1) is 0 Å². The van der Waals surface area contributed by atoms with E-state index in [0.29, 0.717) is 0 Å². The average Bonchev–Trinajstić information content (AvgIpc) is 2.53. The highest BCUT2D eigenvalue weighted by molar-refractivity contribution is 5.35. The molecule has 0 nitrogen and oxygen atoms in total. The molecule has 0 saturated heterocycles. The molecule has 0 bridgehead atoms. The summed E-state index contributed by atoms with van der Waals surface area (Å²) in [6, 6.07) is 7.99. The van der Waals surface area contributed by atoms with E-state index in [1.165, 1.54) is 89.0 Å². The Balaban J connectivity index is 2.36. The molecule has 1 aromatic rings. The molecular formula is C22H37. The minimum Gasteiger partial charge on any atom is -0.0654 e. The Morgan fingerprint density at radius 2 is 1.32 bits per heavy atom. The van der Waals surface area contributed by atoms with Gasteiger partial charge in [0, 0.05) is 0 Å². The number of rotatable bonds is 13. The van der Waals surface area contributed by atoms with Crippen LogP contribution in [0.4, 0.5) is 0 Å². The summed E-state index contributed by atoms with van der Waals surface area (Å²) < 4.78 is 0. The molecule has 0 heterocycles. The zero-order valence-electron chi connectivity index (χ0n) is 15.3. The molecule has 0 spiro atoms. The highest BCUT2D eigenvalue weighted by Crippen LogP contribution is 2.21. The second kappa shape index (κ2) is 12.7. The first kappa shape index (κ1) is 19.3. The molecule has 1 rings (SSSR count). The molecule has 0 atom stereocenters. The number of hydrogen-bond donors (Lipinski definition) is 0. The Labute approximate surface area is 139 Å². The van der Waals surface area contributed by atoms with E-state index in [1.54, 1.807) is 11.1 Å². The van der Waals surface area contributed by atoms with E-state index >= 15 is 0 Å². The maximum atomic E-state index is 3.54. The predicted molar refractivity (Wildman–Crippen MR) is 99.6 cm³/mol. The lowest BCUT2D eigenvalue weighted by molar-refractivity contribution is 0.574. The molecule has 0 saturated carbocycles. The van der Waals surface area contributed by atoms with Gasteiger partial charge in [-0.3, -0.25) is 0 Å². The van der Waals surface area contributed by atoms with Gasteiger partial charge in [-0.25, -0.2) is 0 Å². The Kier molecular flexibility index (Phi) is 11.2. The maximum Gasteiger partial charge on any atom is -0.0146 e. The van der Waals surface area contributed by atoms with Crippen LogP contribution in [0.25, 0.3) is 0 Å². The standard InChI is InChI=1S/C22H37/c1-4-7-8-9-10-11-12-13-17-21-19-14-18-20(15-5-2)22(21)16-6-3/h14,18H,4-13,15-17H2,1-3H3. The summed E-state index contributed by atoms with van der Waals surface area (Å²) in [5.41, 5.74) is 4.71. The smallest absolute Gasteiger partial charge is 0.0146 e. The van der Waals surface area contributed by atoms with E-state index in [2.05, 4.69) is 39.0 Å². The van der Waals surface area contributed by atoms with Gasteiger partial charge in [0.2, 0.25) is 0 Å². The van der Waals surface area contributed by atoms with Crippen LogP contribution in [-0.4, -0.2) is 0 Å². The summed E-state index contributed by atoms with van der Waals surface area (Å²) in [6.07, 6.45) is 17.4. The molecule has 0 aliphatic heterocycles. The second-order valence-electron chi connectivity index (χ2n) is 6.68. The largest absolute Gasteiger partial charge is 0.0654 e.